The minimum atomic E-state index is -4.38. The Hall–Kier alpha value is -1.80. The number of alkyl halides is 3. The van der Waals surface area contributed by atoms with Gasteiger partial charge in [-0.1, -0.05) is 12.1 Å². The highest BCUT2D eigenvalue weighted by molar-refractivity contribution is 5.67. The monoisotopic (exact) mass is 373 g/mol. The predicted molar refractivity (Wildman–Crippen MR) is 86.2 cm³/mol. The molecule has 2 saturated heterocycles. The van der Waals surface area contributed by atoms with Gasteiger partial charge in [0.15, 0.2) is 5.79 Å². The topological polar surface area (TPSA) is 56.8 Å². The van der Waals surface area contributed by atoms with Crippen molar-refractivity contribution in [3.8, 4) is 0 Å². The van der Waals surface area contributed by atoms with Crippen LogP contribution in [0.5, 0.6) is 0 Å². The van der Waals surface area contributed by atoms with Crippen molar-refractivity contribution in [2.75, 3.05) is 0 Å². The average molecular weight is 373 g/mol. The first-order chi connectivity index (χ1) is 12.2. The first kappa shape index (κ1) is 19.0. The third kappa shape index (κ3) is 4.29. The Labute approximate surface area is 149 Å². The average Bonchev–Trinajstić information content (AvgIpc) is 2.81. The van der Waals surface area contributed by atoms with Crippen LogP contribution in [0.2, 0.25) is 0 Å². The third-order valence-electron chi connectivity index (χ3n) is 4.75. The molecule has 0 saturated carbocycles. The summed E-state index contributed by atoms with van der Waals surface area (Å²) < 4.78 is 54.7. The quantitative estimate of drug-likeness (QED) is 0.867. The van der Waals surface area contributed by atoms with E-state index in [0.29, 0.717) is 5.56 Å². The van der Waals surface area contributed by atoms with Gasteiger partial charge in [-0.05, 0) is 44.4 Å². The Bertz CT molecular complexity index is 649. The molecule has 1 N–H and O–H groups in total. The number of carbonyl (C=O) groups is 1. The molecule has 0 radical (unpaired) electrons. The number of nitrogens with one attached hydrogen (secondary N) is 1. The standard InChI is InChI=1S/C18H22F3NO4/c1-11(15-14-4-3-9-17(2,25-14)26-15)24-16(23)22-10-12-5-7-13(8-6-12)18(19,20)21/h5-8,11,14-15H,3-4,9-10H2,1-2H3,(H,22,23)/t11-,14-,15-,17-/m0/s1. The Morgan fingerprint density at radius 3 is 2.65 bits per heavy atom. The molecule has 0 aliphatic carbocycles. The molecule has 0 unspecified atom stereocenters. The van der Waals surface area contributed by atoms with Crippen LogP contribution in [-0.4, -0.2) is 30.2 Å². The molecule has 1 amide bonds. The molecule has 8 heteroatoms. The van der Waals surface area contributed by atoms with E-state index in [1.807, 2.05) is 6.92 Å². The van der Waals surface area contributed by atoms with Crippen LogP contribution in [0.4, 0.5) is 18.0 Å². The van der Waals surface area contributed by atoms with E-state index in [0.717, 1.165) is 31.4 Å². The molecule has 4 atom stereocenters. The van der Waals surface area contributed by atoms with Crippen molar-refractivity contribution >= 4 is 6.09 Å². The Morgan fingerprint density at radius 2 is 2.04 bits per heavy atom. The molecule has 2 aliphatic rings. The van der Waals surface area contributed by atoms with Gasteiger partial charge in [-0.25, -0.2) is 4.79 Å². The SMILES string of the molecule is C[C@H](OC(=O)NCc1ccc(C(F)(F)F)cc1)[C@@H]1O[C@@]2(C)CCC[C@@H]1O2. The lowest BCUT2D eigenvalue weighted by atomic mass is 10.0. The second-order valence-electron chi connectivity index (χ2n) is 6.92. The fraction of sp³-hybridized carbons (Fsp3) is 0.611. The molecular formula is C18H22F3NO4. The van der Waals surface area contributed by atoms with Crippen molar-refractivity contribution in [1.82, 2.24) is 5.32 Å². The largest absolute Gasteiger partial charge is 0.444 e. The van der Waals surface area contributed by atoms with Crippen molar-refractivity contribution < 1.29 is 32.2 Å². The van der Waals surface area contributed by atoms with E-state index in [2.05, 4.69) is 5.32 Å². The zero-order chi connectivity index (χ0) is 18.9. The fourth-order valence-corrected chi connectivity index (χ4v) is 3.41. The number of benzene rings is 1. The van der Waals surface area contributed by atoms with E-state index in [9.17, 15) is 18.0 Å². The maximum atomic E-state index is 12.5. The summed E-state index contributed by atoms with van der Waals surface area (Å²) in [5.74, 6) is -0.609. The predicted octanol–water partition coefficient (Wildman–Crippen LogP) is 4.00. The molecule has 5 nitrogen and oxygen atoms in total. The molecule has 144 valence electrons. The minimum absolute atomic E-state index is 0.0762. The Balaban J connectivity index is 1.48. The van der Waals surface area contributed by atoms with Gasteiger partial charge in [0.1, 0.15) is 12.2 Å². The van der Waals surface area contributed by atoms with Crippen molar-refractivity contribution in [3.63, 3.8) is 0 Å². The minimum Gasteiger partial charge on any atom is -0.444 e. The van der Waals surface area contributed by atoms with Gasteiger partial charge in [0.2, 0.25) is 0 Å². The van der Waals surface area contributed by atoms with Crippen LogP contribution in [0.3, 0.4) is 0 Å². The molecule has 2 aliphatic heterocycles. The molecule has 3 rings (SSSR count). The summed E-state index contributed by atoms with van der Waals surface area (Å²) in [6.07, 6.45) is -3.25. The van der Waals surface area contributed by atoms with Crippen LogP contribution >= 0.6 is 0 Å². The summed E-state index contributed by atoms with van der Waals surface area (Å²) >= 11 is 0. The summed E-state index contributed by atoms with van der Waals surface area (Å²) in [6, 6.07) is 4.61. The normalized spacial score (nSPS) is 29.3. The lowest BCUT2D eigenvalue weighted by Crippen LogP contribution is -2.38. The molecule has 2 bridgehead atoms. The lowest BCUT2D eigenvalue weighted by molar-refractivity contribution is -0.183. The number of ether oxygens (including phenoxy) is 3. The molecule has 1 aromatic rings. The van der Waals surface area contributed by atoms with Crippen LogP contribution < -0.4 is 5.32 Å². The summed E-state index contributed by atoms with van der Waals surface area (Å²) in [4.78, 5) is 12.0. The first-order valence-corrected chi connectivity index (χ1v) is 8.62. The zero-order valence-corrected chi connectivity index (χ0v) is 14.6. The summed E-state index contributed by atoms with van der Waals surface area (Å²) in [6.45, 7) is 3.71. The van der Waals surface area contributed by atoms with Gasteiger partial charge < -0.3 is 19.5 Å². The summed E-state index contributed by atoms with van der Waals surface area (Å²) in [5, 5.41) is 2.54. The van der Waals surface area contributed by atoms with Crippen molar-refractivity contribution in [2.45, 2.75) is 69.9 Å². The van der Waals surface area contributed by atoms with Crippen LogP contribution in [0.15, 0.2) is 24.3 Å². The molecular weight excluding hydrogens is 351 g/mol. The van der Waals surface area contributed by atoms with Gasteiger partial charge >= 0.3 is 12.3 Å². The van der Waals surface area contributed by atoms with Gasteiger partial charge in [-0.2, -0.15) is 13.2 Å². The number of amides is 1. The molecule has 1 aromatic carbocycles. The molecule has 0 spiro atoms. The number of alkyl carbamates (subject to hydrolysis) is 1. The van der Waals surface area contributed by atoms with E-state index in [4.69, 9.17) is 14.2 Å². The van der Waals surface area contributed by atoms with Gasteiger partial charge in [-0.15, -0.1) is 0 Å². The van der Waals surface area contributed by atoms with Crippen molar-refractivity contribution in [3.05, 3.63) is 35.4 Å². The maximum absolute atomic E-state index is 12.5. The van der Waals surface area contributed by atoms with Crippen LogP contribution in [0, 0.1) is 0 Å². The molecule has 2 heterocycles. The maximum Gasteiger partial charge on any atom is 0.416 e. The van der Waals surface area contributed by atoms with E-state index >= 15 is 0 Å². The fourth-order valence-electron chi connectivity index (χ4n) is 3.41. The number of carbonyl (C=O) groups excluding carboxylic acids is 1. The van der Waals surface area contributed by atoms with Gasteiger partial charge in [0.25, 0.3) is 0 Å². The number of halogens is 3. The van der Waals surface area contributed by atoms with Crippen molar-refractivity contribution in [1.29, 1.82) is 0 Å². The molecule has 2 fully saturated rings. The van der Waals surface area contributed by atoms with Crippen molar-refractivity contribution in [2.24, 2.45) is 0 Å². The number of hydrogen-bond donors (Lipinski definition) is 1. The van der Waals surface area contributed by atoms with E-state index in [1.165, 1.54) is 12.1 Å². The highest BCUT2D eigenvalue weighted by atomic mass is 19.4. The van der Waals surface area contributed by atoms with E-state index in [-0.39, 0.29) is 18.8 Å². The van der Waals surface area contributed by atoms with Crippen LogP contribution in [-0.2, 0) is 26.9 Å². The third-order valence-corrected chi connectivity index (χ3v) is 4.75. The van der Waals surface area contributed by atoms with E-state index < -0.39 is 29.7 Å². The zero-order valence-electron chi connectivity index (χ0n) is 14.6. The highest BCUT2D eigenvalue weighted by Gasteiger charge is 2.49. The second-order valence-corrected chi connectivity index (χ2v) is 6.92. The number of rotatable bonds is 4. The Morgan fingerprint density at radius 1 is 1.35 bits per heavy atom. The smallest absolute Gasteiger partial charge is 0.416 e. The number of hydrogen-bond acceptors (Lipinski definition) is 4. The molecule has 0 aromatic heterocycles. The molecule has 26 heavy (non-hydrogen) atoms. The Kier molecular flexibility index (Phi) is 5.16. The van der Waals surface area contributed by atoms with Crippen LogP contribution in [0.25, 0.3) is 0 Å². The summed E-state index contributed by atoms with van der Waals surface area (Å²) in [5.41, 5.74) is -0.179. The summed E-state index contributed by atoms with van der Waals surface area (Å²) in [7, 11) is 0. The van der Waals surface area contributed by atoms with Crippen LogP contribution in [0.1, 0.15) is 44.2 Å². The van der Waals surface area contributed by atoms with E-state index in [1.54, 1.807) is 6.92 Å². The van der Waals surface area contributed by atoms with Gasteiger partial charge in [0, 0.05) is 13.0 Å². The first-order valence-electron chi connectivity index (χ1n) is 8.62. The lowest BCUT2D eigenvalue weighted by Gasteiger charge is -2.26. The highest BCUT2D eigenvalue weighted by Crippen LogP contribution is 2.41. The van der Waals surface area contributed by atoms with Gasteiger partial charge in [-0.3, -0.25) is 0 Å². The second kappa shape index (κ2) is 7.08. The number of fused-ring (bicyclic) bond motifs is 2. The van der Waals surface area contributed by atoms with Gasteiger partial charge in [0.05, 0.1) is 11.7 Å².